The molecule has 0 bridgehead atoms. The Labute approximate surface area is 120 Å². The SMILES string of the molecule is CNCC(=O)NCCCOc1ccc(OC)cc1.Cl. The van der Waals surface area contributed by atoms with Gasteiger partial charge in [-0.25, -0.2) is 0 Å². The van der Waals surface area contributed by atoms with Gasteiger partial charge in [0.05, 0.1) is 20.3 Å². The van der Waals surface area contributed by atoms with Crippen molar-refractivity contribution in [3.8, 4) is 11.5 Å². The molecule has 0 aliphatic carbocycles. The van der Waals surface area contributed by atoms with Gasteiger partial charge in [-0.15, -0.1) is 12.4 Å². The quantitative estimate of drug-likeness (QED) is 0.706. The van der Waals surface area contributed by atoms with Gasteiger partial charge in [0.2, 0.25) is 5.91 Å². The minimum atomic E-state index is 0. The number of hydrogen-bond acceptors (Lipinski definition) is 4. The number of amides is 1. The van der Waals surface area contributed by atoms with Crippen LogP contribution >= 0.6 is 12.4 Å². The Hall–Kier alpha value is -1.46. The number of halogens is 1. The fourth-order valence-electron chi connectivity index (χ4n) is 1.39. The van der Waals surface area contributed by atoms with Gasteiger partial charge in [0.15, 0.2) is 0 Å². The molecule has 0 saturated carbocycles. The standard InChI is InChI=1S/C13H20N2O3.ClH/c1-14-10-13(16)15-8-3-9-18-12-6-4-11(17-2)5-7-12;/h4-7,14H,3,8-10H2,1-2H3,(H,15,16);1H. The highest BCUT2D eigenvalue weighted by atomic mass is 35.5. The molecular formula is C13H21ClN2O3. The van der Waals surface area contributed by atoms with Crippen molar-refractivity contribution in [2.45, 2.75) is 6.42 Å². The van der Waals surface area contributed by atoms with Crippen molar-refractivity contribution in [3.63, 3.8) is 0 Å². The molecule has 0 radical (unpaired) electrons. The Balaban J connectivity index is 0.00000324. The number of carbonyl (C=O) groups excluding carboxylic acids is 1. The van der Waals surface area contributed by atoms with E-state index in [0.29, 0.717) is 19.7 Å². The van der Waals surface area contributed by atoms with Crippen molar-refractivity contribution in [1.29, 1.82) is 0 Å². The summed E-state index contributed by atoms with van der Waals surface area (Å²) in [5, 5.41) is 5.58. The van der Waals surface area contributed by atoms with Crippen LogP contribution in [0.3, 0.4) is 0 Å². The molecule has 1 aromatic rings. The zero-order chi connectivity index (χ0) is 13.2. The second-order valence-electron chi connectivity index (χ2n) is 3.76. The highest BCUT2D eigenvalue weighted by molar-refractivity contribution is 5.85. The van der Waals surface area contributed by atoms with Crippen molar-refractivity contribution in [2.24, 2.45) is 0 Å². The number of benzene rings is 1. The maximum Gasteiger partial charge on any atom is 0.233 e. The van der Waals surface area contributed by atoms with Crippen LogP contribution in [0.2, 0.25) is 0 Å². The molecule has 2 N–H and O–H groups in total. The number of rotatable bonds is 8. The second kappa shape index (κ2) is 10.5. The average Bonchev–Trinajstić information content (AvgIpc) is 2.39. The largest absolute Gasteiger partial charge is 0.497 e. The molecule has 0 aliphatic heterocycles. The predicted molar refractivity (Wildman–Crippen MR) is 77.3 cm³/mol. The van der Waals surface area contributed by atoms with E-state index in [2.05, 4.69) is 10.6 Å². The summed E-state index contributed by atoms with van der Waals surface area (Å²) in [6, 6.07) is 7.42. The lowest BCUT2D eigenvalue weighted by Crippen LogP contribution is -2.33. The third-order valence-electron chi connectivity index (χ3n) is 2.31. The van der Waals surface area contributed by atoms with Crippen LogP contribution in [0.1, 0.15) is 6.42 Å². The summed E-state index contributed by atoms with van der Waals surface area (Å²) in [5.41, 5.74) is 0. The first-order valence-electron chi connectivity index (χ1n) is 5.94. The number of hydrogen-bond donors (Lipinski definition) is 2. The number of carbonyl (C=O) groups is 1. The molecule has 0 fully saturated rings. The molecule has 6 heteroatoms. The summed E-state index contributed by atoms with van der Waals surface area (Å²) >= 11 is 0. The van der Waals surface area contributed by atoms with E-state index in [9.17, 15) is 4.79 Å². The highest BCUT2D eigenvalue weighted by Crippen LogP contribution is 2.16. The molecule has 19 heavy (non-hydrogen) atoms. The van der Waals surface area contributed by atoms with Gasteiger partial charge in [0.1, 0.15) is 11.5 Å². The Morgan fingerprint density at radius 3 is 2.42 bits per heavy atom. The van der Waals surface area contributed by atoms with E-state index in [1.165, 1.54) is 0 Å². The molecule has 108 valence electrons. The lowest BCUT2D eigenvalue weighted by molar-refractivity contribution is -0.120. The van der Waals surface area contributed by atoms with Gasteiger partial charge in [-0.05, 0) is 37.7 Å². The van der Waals surface area contributed by atoms with E-state index in [4.69, 9.17) is 9.47 Å². The molecule has 1 amide bonds. The van der Waals surface area contributed by atoms with Crippen LogP contribution in [0, 0.1) is 0 Å². The number of methoxy groups -OCH3 is 1. The summed E-state index contributed by atoms with van der Waals surface area (Å²) < 4.78 is 10.6. The minimum Gasteiger partial charge on any atom is -0.497 e. The number of nitrogens with one attached hydrogen (secondary N) is 2. The normalized spacial score (nSPS) is 9.37. The van der Waals surface area contributed by atoms with Crippen molar-refractivity contribution in [1.82, 2.24) is 10.6 Å². The van der Waals surface area contributed by atoms with Crippen molar-refractivity contribution >= 4 is 18.3 Å². The Kier molecular flexibility index (Phi) is 9.66. The summed E-state index contributed by atoms with van der Waals surface area (Å²) in [4.78, 5) is 11.1. The summed E-state index contributed by atoms with van der Waals surface area (Å²) in [6.07, 6.45) is 0.779. The van der Waals surface area contributed by atoms with Crippen molar-refractivity contribution in [3.05, 3.63) is 24.3 Å². The summed E-state index contributed by atoms with van der Waals surface area (Å²) in [6.45, 7) is 1.54. The second-order valence-corrected chi connectivity index (χ2v) is 3.76. The molecule has 0 aliphatic rings. The Bertz CT molecular complexity index is 357. The molecule has 0 atom stereocenters. The van der Waals surface area contributed by atoms with Crippen molar-refractivity contribution < 1.29 is 14.3 Å². The maximum absolute atomic E-state index is 11.1. The van der Waals surface area contributed by atoms with Gasteiger partial charge in [-0.3, -0.25) is 4.79 Å². The lowest BCUT2D eigenvalue weighted by atomic mass is 10.3. The molecule has 5 nitrogen and oxygen atoms in total. The van der Waals surface area contributed by atoms with Crippen LogP contribution in [-0.4, -0.2) is 39.8 Å². The van der Waals surface area contributed by atoms with E-state index in [0.717, 1.165) is 17.9 Å². The Morgan fingerprint density at radius 2 is 1.84 bits per heavy atom. The topological polar surface area (TPSA) is 59.6 Å². The molecular weight excluding hydrogens is 268 g/mol. The minimum absolute atomic E-state index is 0. The maximum atomic E-state index is 11.1. The molecule has 0 heterocycles. The number of ether oxygens (including phenoxy) is 2. The fourth-order valence-corrected chi connectivity index (χ4v) is 1.39. The lowest BCUT2D eigenvalue weighted by Gasteiger charge is -2.08. The van der Waals surface area contributed by atoms with E-state index < -0.39 is 0 Å². The van der Waals surface area contributed by atoms with Gasteiger partial charge >= 0.3 is 0 Å². The first kappa shape index (κ1) is 17.5. The van der Waals surface area contributed by atoms with Crippen molar-refractivity contribution in [2.75, 3.05) is 33.9 Å². The van der Waals surface area contributed by atoms with Crippen LogP contribution in [-0.2, 0) is 4.79 Å². The molecule has 1 rings (SSSR count). The predicted octanol–water partition coefficient (Wildman–Crippen LogP) is 1.22. The van der Waals surface area contributed by atoms with Gasteiger partial charge < -0.3 is 20.1 Å². The van der Waals surface area contributed by atoms with Gasteiger partial charge in [-0.2, -0.15) is 0 Å². The van der Waals surface area contributed by atoms with Gasteiger partial charge in [0.25, 0.3) is 0 Å². The molecule has 0 spiro atoms. The van der Waals surface area contributed by atoms with E-state index in [1.54, 1.807) is 14.2 Å². The van der Waals surface area contributed by atoms with Crippen LogP contribution in [0.15, 0.2) is 24.3 Å². The molecule has 0 aromatic heterocycles. The third kappa shape index (κ3) is 7.54. The van der Waals surface area contributed by atoms with E-state index >= 15 is 0 Å². The number of likely N-dealkylation sites (N-methyl/N-ethyl adjacent to an activating group) is 1. The van der Waals surface area contributed by atoms with Crippen LogP contribution in [0.5, 0.6) is 11.5 Å². The summed E-state index contributed by atoms with van der Waals surface area (Å²) in [5.74, 6) is 1.61. The third-order valence-corrected chi connectivity index (χ3v) is 2.31. The van der Waals surface area contributed by atoms with Crippen LogP contribution in [0.4, 0.5) is 0 Å². The van der Waals surface area contributed by atoms with Crippen LogP contribution in [0.25, 0.3) is 0 Å². The van der Waals surface area contributed by atoms with Gasteiger partial charge in [-0.1, -0.05) is 0 Å². The smallest absolute Gasteiger partial charge is 0.233 e. The first-order valence-corrected chi connectivity index (χ1v) is 5.94. The first-order chi connectivity index (χ1) is 8.76. The highest BCUT2D eigenvalue weighted by Gasteiger charge is 1.98. The van der Waals surface area contributed by atoms with Crippen LogP contribution < -0.4 is 20.1 Å². The molecule has 0 saturated heterocycles. The fraction of sp³-hybridized carbons (Fsp3) is 0.462. The summed E-state index contributed by atoms with van der Waals surface area (Å²) in [7, 11) is 3.37. The van der Waals surface area contributed by atoms with Gasteiger partial charge in [0, 0.05) is 6.54 Å². The van der Waals surface area contributed by atoms with E-state index in [1.807, 2.05) is 24.3 Å². The Morgan fingerprint density at radius 1 is 1.21 bits per heavy atom. The zero-order valence-corrected chi connectivity index (χ0v) is 12.1. The monoisotopic (exact) mass is 288 g/mol. The molecule has 0 unspecified atom stereocenters. The molecule has 1 aromatic carbocycles. The average molecular weight is 289 g/mol. The van der Waals surface area contributed by atoms with E-state index in [-0.39, 0.29) is 18.3 Å². The zero-order valence-electron chi connectivity index (χ0n) is 11.3.